The molecule has 0 saturated carbocycles. The highest BCUT2D eigenvalue weighted by atomic mass is 16.7. The highest BCUT2D eigenvalue weighted by Crippen LogP contribution is 2.41. The molecule has 3 rings (SSSR count). The Morgan fingerprint density at radius 3 is 1.98 bits per heavy atom. The van der Waals surface area contributed by atoms with Crippen molar-refractivity contribution in [2.24, 2.45) is 17.8 Å². The molecule has 0 aromatic heterocycles. The van der Waals surface area contributed by atoms with Gasteiger partial charge in [0, 0.05) is 59.4 Å². The molecular weight excluding hydrogens is 712 g/mol. The standard InChI is InChI=1S/C41H78N2O12/c1-18-30-41(10,46)35(47-14)27(6)43(13)22-23(2)20-39(8,49-16)34(55-38-32(44)29(42(11)12)19-24(3)51-38)25(4)33(26(5)37(45)53-30)54-31-21-40(9,50-17)36(48-15)28(7)52-31/h23-36,38,44,46H,18-22H2,1-17H3/t23-,24-,25+,26-,27-,28+,29+,30?,31+,32-,33+,34-,35-,36+,38+,39-,40-,41+/m1/s1. The van der Waals surface area contributed by atoms with Crippen molar-refractivity contribution in [2.45, 2.75) is 185 Å². The van der Waals surface area contributed by atoms with Gasteiger partial charge in [-0.2, -0.15) is 0 Å². The van der Waals surface area contributed by atoms with Crippen LogP contribution in [0, 0.1) is 17.8 Å². The number of carbonyl (C=O) groups is 1. The lowest BCUT2D eigenvalue weighted by molar-refractivity contribution is -0.320. The topological polar surface area (TPSA) is 147 Å². The van der Waals surface area contributed by atoms with Crippen molar-refractivity contribution in [1.82, 2.24) is 9.80 Å². The molecule has 3 fully saturated rings. The van der Waals surface area contributed by atoms with E-state index in [1.165, 1.54) is 0 Å². The normalized spacial score (nSPS) is 47.6. The number of aliphatic hydroxyl groups is 2. The van der Waals surface area contributed by atoms with Gasteiger partial charge < -0.3 is 62.6 Å². The van der Waals surface area contributed by atoms with Crippen LogP contribution in [0.1, 0.15) is 94.9 Å². The second kappa shape index (κ2) is 19.8. The molecular formula is C41H78N2O12. The van der Waals surface area contributed by atoms with Gasteiger partial charge in [0.15, 0.2) is 12.6 Å². The van der Waals surface area contributed by atoms with E-state index in [-0.39, 0.29) is 30.2 Å². The molecule has 2 N–H and O–H groups in total. The minimum Gasteiger partial charge on any atom is -0.459 e. The molecule has 0 aromatic carbocycles. The number of carbonyl (C=O) groups excluding carboxylic acids is 1. The van der Waals surface area contributed by atoms with E-state index in [4.69, 9.17) is 42.6 Å². The maximum absolute atomic E-state index is 14.5. The van der Waals surface area contributed by atoms with E-state index in [0.29, 0.717) is 32.2 Å². The van der Waals surface area contributed by atoms with E-state index in [2.05, 4.69) is 11.8 Å². The summed E-state index contributed by atoms with van der Waals surface area (Å²) in [6.07, 6.45) is -5.06. The van der Waals surface area contributed by atoms with Gasteiger partial charge >= 0.3 is 5.97 Å². The van der Waals surface area contributed by atoms with Crippen molar-refractivity contribution in [1.29, 1.82) is 0 Å². The summed E-state index contributed by atoms with van der Waals surface area (Å²) in [5, 5.41) is 23.8. The molecule has 324 valence electrons. The summed E-state index contributed by atoms with van der Waals surface area (Å²) < 4.78 is 57.3. The number of methoxy groups -OCH3 is 4. The van der Waals surface area contributed by atoms with E-state index in [9.17, 15) is 15.0 Å². The van der Waals surface area contributed by atoms with Crippen molar-refractivity contribution in [3.8, 4) is 0 Å². The molecule has 3 aliphatic heterocycles. The average molecular weight is 791 g/mol. The molecule has 55 heavy (non-hydrogen) atoms. The zero-order valence-corrected chi connectivity index (χ0v) is 37.1. The van der Waals surface area contributed by atoms with Crippen LogP contribution in [0.5, 0.6) is 0 Å². The largest absolute Gasteiger partial charge is 0.459 e. The first-order chi connectivity index (χ1) is 25.5. The molecule has 3 saturated heterocycles. The molecule has 0 aromatic rings. The molecule has 1 unspecified atom stereocenters. The second-order valence-corrected chi connectivity index (χ2v) is 17.7. The molecule has 0 spiro atoms. The van der Waals surface area contributed by atoms with Crippen LogP contribution in [0.4, 0.5) is 0 Å². The van der Waals surface area contributed by atoms with E-state index in [1.807, 2.05) is 74.5 Å². The molecule has 0 radical (unpaired) electrons. The Kier molecular flexibility index (Phi) is 17.4. The van der Waals surface area contributed by atoms with Crippen LogP contribution in [0.15, 0.2) is 0 Å². The Morgan fingerprint density at radius 2 is 1.45 bits per heavy atom. The molecule has 0 amide bonds. The number of ether oxygens (including phenoxy) is 9. The van der Waals surface area contributed by atoms with Crippen molar-refractivity contribution < 1.29 is 57.6 Å². The Hall–Kier alpha value is -1.01. The number of cyclic esters (lactones) is 1. The number of aliphatic hydroxyl groups excluding tert-OH is 1. The molecule has 0 aliphatic carbocycles. The number of rotatable bonds is 10. The highest BCUT2D eigenvalue weighted by Gasteiger charge is 2.53. The summed E-state index contributed by atoms with van der Waals surface area (Å²) in [5.41, 5.74) is -3.25. The summed E-state index contributed by atoms with van der Waals surface area (Å²) in [5.74, 6) is -1.94. The lowest BCUT2D eigenvalue weighted by atomic mass is 9.77. The fraction of sp³-hybridized carbons (Fsp3) is 0.976. The Labute approximate surface area is 332 Å². The van der Waals surface area contributed by atoms with Crippen LogP contribution < -0.4 is 0 Å². The lowest BCUT2D eigenvalue weighted by Gasteiger charge is -2.50. The van der Waals surface area contributed by atoms with Crippen molar-refractivity contribution in [3.63, 3.8) is 0 Å². The second-order valence-electron chi connectivity index (χ2n) is 17.7. The van der Waals surface area contributed by atoms with Gasteiger partial charge in [-0.3, -0.25) is 4.79 Å². The Bertz CT molecular complexity index is 1200. The molecule has 18 atom stereocenters. The van der Waals surface area contributed by atoms with Crippen LogP contribution >= 0.6 is 0 Å². The quantitative estimate of drug-likeness (QED) is 0.309. The van der Waals surface area contributed by atoms with Gasteiger partial charge in [-0.25, -0.2) is 0 Å². The highest BCUT2D eigenvalue weighted by molar-refractivity contribution is 5.73. The average Bonchev–Trinajstić information content (AvgIpc) is 3.11. The number of esters is 1. The maximum Gasteiger partial charge on any atom is 0.311 e. The summed E-state index contributed by atoms with van der Waals surface area (Å²) >= 11 is 0. The summed E-state index contributed by atoms with van der Waals surface area (Å²) in [4.78, 5) is 18.6. The van der Waals surface area contributed by atoms with Crippen LogP contribution in [0.25, 0.3) is 0 Å². The third-order valence-electron chi connectivity index (χ3n) is 13.1. The predicted molar refractivity (Wildman–Crippen MR) is 209 cm³/mol. The SMILES string of the molecule is CCC1OC(=O)[C@H](C)[C@@H](O[C@H]2C[C@@](C)(OC)[C@@H](OC)[C@H](C)O2)[C@H](C)[C@@H](O[C@@H]2O[C@H](C)C[C@H](N(C)C)[C@H]2O)[C@](C)(OC)C[C@@H](C)CN(C)[C@H](C)[C@@H](OC)[C@@]1(C)O. The molecule has 3 aliphatic rings. The minimum atomic E-state index is -1.53. The van der Waals surface area contributed by atoms with Crippen LogP contribution in [-0.2, 0) is 47.4 Å². The van der Waals surface area contributed by atoms with Crippen LogP contribution in [-0.4, -0.2) is 172 Å². The first-order valence-electron chi connectivity index (χ1n) is 20.3. The number of hydrogen-bond acceptors (Lipinski definition) is 14. The van der Waals surface area contributed by atoms with Crippen LogP contribution in [0.2, 0.25) is 0 Å². The number of likely N-dealkylation sites (N-methyl/N-ethyl adjacent to an activating group) is 2. The fourth-order valence-corrected chi connectivity index (χ4v) is 9.76. The first kappa shape index (κ1) is 48.4. The Balaban J connectivity index is 2.23. The van der Waals surface area contributed by atoms with Gasteiger partial charge in [-0.15, -0.1) is 0 Å². The van der Waals surface area contributed by atoms with Crippen molar-refractivity contribution in [2.75, 3.05) is 56.1 Å². The Morgan fingerprint density at radius 1 is 0.873 bits per heavy atom. The minimum absolute atomic E-state index is 0.0569. The van der Waals surface area contributed by atoms with E-state index < -0.39 is 83.8 Å². The molecule has 3 heterocycles. The maximum atomic E-state index is 14.5. The third kappa shape index (κ3) is 10.8. The molecule has 0 bridgehead atoms. The number of nitrogens with zero attached hydrogens (tertiary/aromatic N) is 2. The monoisotopic (exact) mass is 791 g/mol. The predicted octanol–water partition coefficient (Wildman–Crippen LogP) is 3.86. The van der Waals surface area contributed by atoms with Crippen molar-refractivity contribution in [3.05, 3.63) is 0 Å². The first-order valence-corrected chi connectivity index (χ1v) is 20.3. The van der Waals surface area contributed by atoms with Gasteiger partial charge in [0.2, 0.25) is 0 Å². The number of hydrogen-bond donors (Lipinski definition) is 2. The zero-order valence-electron chi connectivity index (χ0n) is 37.1. The summed E-state index contributed by atoms with van der Waals surface area (Å²) in [7, 11) is 12.4. The van der Waals surface area contributed by atoms with Gasteiger partial charge in [0.25, 0.3) is 0 Å². The summed E-state index contributed by atoms with van der Waals surface area (Å²) in [6, 6.07) is -0.458. The van der Waals surface area contributed by atoms with Gasteiger partial charge in [-0.05, 0) is 94.8 Å². The van der Waals surface area contributed by atoms with Gasteiger partial charge in [0.1, 0.15) is 30.0 Å². The molecule has 14 nitrogen and oxygen atoms in total. The smallest absolute Gasteiger partial charge is 0.311 e. The van der Waals surface area contributed by atoms with Gasteiger partial charge in [-0.1, -0.05) is 20.8 Å². The zero-order chi connectivity index (χ0) is 41.8. The fourth-order valence-electron chi connectivity index (χ4n) is 9.76. The van der Waals surface area contributed by atoms with Crippen molar-refractivity contribution >= 4 is 5.97 Å². The lowest BCUT2D eigenvalue weighted by Crippen LogP contribution is -2.61. The van der Waals surface area contributed by atoms with Gasteiger partial charge in [0.05, 0.1) is 41.5 Å². The third-order valence-corrected chi connectivity index (χ3v) is 13.1. The van der Waals surface area contributed by atoms with Crippen LogP contribution in [0.3, 0.4) is 0 Å². The van der Waals surface area contributed by atoms with E-state index >= 15 is 0 Å². The molecule has 14 heteroatoms. The van der Waals surface area contributed by atoms with E-state index in [0.717, 1.165) is 0 Å². The van der Waals surface area contributed by atoms with E-state index in [1.54, 1.807) is 42.3 Å². The summed E-state index contributed by atoms with van der Waals surface area (Å²) in [6.45, 7) is 20.0.